The van der Waals surface area contributed by atoms with Gasteiger partial charge >= 0.3 is 6.42 Å². The van der Waals surface area contributed by atoms with Gasteiger partial charge in [0, 0.05) is 0 Å². The summed E-state index contributed by atoms with van der Waals surface area (Å²) < 4.78 is 10.9. The van der Waals surface area contributed by atoms with Crippen molar-refractivity contribution in [3.8, 4) is 11.5 Å². The van der Waals surface area contributed by atoms with Crippen LogP contribution in [0, 0.1) is 0 Å². The van der Waals surface area contributed by atoms with Crippen molar-refractivity contribution in [1.29, 1.82) is 0 Å². The zero-order valence-corrected chi connectivity index (χ0v) is 11.2. The third-order valence-corrected chi connectivity index (χ3v) is 3.58. The molecule has 0 saturated heterocycles. The Kier molecular flexibility index (Phi) is 4.11. The lowest BCUT2D eigenvalue weighted by Gasteiger charge is -2.09. The van der Waals surface area contributed by atoms with Gasteiger partial charge in [0.2, 0.25) is 0 Å². The predicted octanol–water partition coefficient (Wildman–Crippen LogP) is 5.30. The number of halogens is 2. The van der Waals surface area contributed by atoms with E-state index in [1.54, 1.807) is 24.3 Å². The van der Waals surface area contributed by atoms with Gasteiger partial charge in [-0.3, -0.25) is 9.05 Å². The molecule has 0 N–H and O–H groups in total. The van der Waals surface area contributed by atoms with Gasteiger partial charge in [0.1, 0.15) is 0 Å². The van der Waals surface area contributed by atoms with Gasteiger partial charge in [-0.25, -0.2) is 0 Å². The van der Waals surface area contributed by atoms with Crippen molar-refractivity contribution in [3.05, 3.63) is 60.7 Å². The summed E-state index contributed by atoms with van der Waals surface area (Å²) in [6.45, 7) is 0. The Bertz CT molecular complexity index is 419. The second kappa shape index (κ2) is 5.59. The minimum Gasteiger partial charge on any atom is -0.274 e. The molecule has 0 amide bonds. The number of para-hydroxylation sites is 2. The first-order valence-corrected chi connectivity index (χ1v) is 8.37. The summed E-state index contributed by atoms with van der Waals surface area (Å²) in [6.07, 6.45) is -2.94. The number of hydrogen-bond acceptors (Lipinski definition) is 2. The Labute approximate surface area is 110 Å². The molecular weight excluding hydrogens is 278 g/mol. The first-order valence-electron chi connectivity index (χ1n) is 4.93. The third-order valence-electron chi connectivity index (χ3n) is 1.91. The maximum atomic E-state index is 6.04. The first kappa shape index (κ1) is 12.5. The molecule has 0 atom stereocenters. The summed E-state index contributed by atoms with van der Waals surface area (Å²) in [5, 5.41) is 0. The number of hydrogen-bond donors (Lipinski definition) is 0. The highest BCUT2D eigenvalue weighted by Gasteiger charge is 2.43. The van der Waals surface area contributed by atoms with Gasteiger partial charge in [-0.1, -0.05) is 36.4 Å². The van der Waals surface area contributed by atoms with Crippen LogP contribution in [-0.4, -0.2) is 0 Å². The monoisotopic (exact) mass is 287 g/mol. The molecule has 2 nitrogen and oxygen atoms in total. The van der Waals surface area contributed by atoms with Crippen LogP contribution in [0.4, 0.5) is 0 Å². The Morgan fingerprint density at radius 1 is 0.647 bits per heavy atom. The first-order chi connectivity index (χ1) is 8.16. The highest BCUT2D eigenvalue weighted by molar-refractivity contribution is 8.11. The van der Waals surface area contributed by atoms with E-state index in [0.29, 0.717) is 11.5 Å². The standard InChI is InChI=1S/C12H10Cl2O2P/c13-17(14,15-11-7-3-1-4-8-11)16-12-9-5-2-6-10-12/h1-10H/q+1. The lowest BCUT2D eigenvalue weighted by Crippen LogP contribution is -1.96. The molecule has 17 heavy (non-hydrogen) atoms. The van der Waals surface area contributed by atoms with Crippen molar-refractivity contribution in [3.63, 3.8) is 0 Å². The number of rotatable bonds is 4. The molecule has 0 saturated carbocycles. The molecular formula is C12H10Cl2O2P+. The maximum absolute atomic E-state index is 6.04. The van der Waals surface area contributed by atoms with E-state index in [4.69, 9.17) is 31.5 Å². The largest absolute Gasteiger partial charge is 0.563 e. The molecule has 5 heteroatoms. The van der Waals surface area contributed by atoms with Crippen LogP contribution in [-0.2, 0) is 0 Å². The van der Waals surface area contributed by atoms with Crippen LogP contribution in [0.25, 0.3) is 0 Å². The molecule has 2 rings (SSSR count). The van der Waals surface area contributed by atoms with Gasteiger partial charge in [-0.2, -0.15) is 0 Å². The van der Waals surface area contributed by atoms with Crippen LogP contribution in [0.2, 0.25) is 0 Å². The molecule has 0 heterocycles. The van der Waals surface area contributed by atoms with Crippen molar-refractivity contribution >= 4 is 28.9 Å². The zero-order valence-electron chi connectivity index (χ0n) is 8.79. The molecule has 88 valence electrons. The van der Waals surface area contributed by atoms with E-state index in [1.807, 2.05) is 36.4 Å². The van der Waals surface area contributed by atoms with Crippen molar-refractivity contribution in [2.75, 3.05) is 0 Å². The molecule has 2 aromatic rings. The van der Waals surface area contributed by atoms with Gasteiger partial charge in [0.05, 0.1) is 0 Å². The second-order valence-corrected chi connectivity index (χ2v) is 7.61. The minimum atomic E-state index is -2.94. The molecule has 0 aliphatic carbocycles. The van der Waals surface area contributed by atoms with E-state index < -0.39 is 6.42 Å². The fraction of sp³-hybridized carbons (Fsp3) is 0. The average molecular weight is 288 g/mol. The van der Waals surface area contributed by atoms with Crippen LogP contribution in [0.3, 0.4) is 0 Å². The molecule has 2 aromatic carbocycles. The fourth-order valence-corrected chi connectivity index (χ4v) is 2.95. The van der Waals surface area contributed by atoms with Crippen LogP contribution in [0.15, 0.2) is 60.7 Å². The molecule has 0 aliphatic heterocycles. The minimum absolute atomic E-state index is 0.585. The van der Waals surface area contributed by atoms with E-state index in [-0.39, 0.29) is 0 Å². The molecule has 0 aliphatic rings. The zero-order chi connectivity index (χ0) is 12.1. The Morgan fingerprint density at radius 2 is 1.00 bits per heavy atom. The molecule has 0 aromatic heterocycles. The van der Waals surface area contributed by atoms with Gasteiger partial charge in [-0.15, -0.1) is 0 Å². The second-order valence-electron chi connectivity index (χ2n) is 3.22. The van der Waals surface area contributed by atoms with E-state index in [9.17, 15) is 0 Å². The van der Waals surface area contributed by atoms with E-state index >= 15 is 0 Å². The predicted molar refractivity (Wildman–Crippen MR) is 72.8 cm³/mol. The molecule has 0 bridgehead atoms. The quantitative estimate of drug-likeness (QED) is 0.711. The highest BCUT2D eigenvalue weighted by Crippen LogP contribution is 2.69. The smallest absolute Gasteiger partial charge is 0.274 e. The summed E-state index contributed by atoms with van der Waals surface area (Å²) in [5.41, 5.74) is 0. The third kappa shape index (κ3) is 4.08. The summed E-state index contributed by atoms with van der Waals surface area (Å²) in [5.74, 6) is 1.17. The summed E-state index contributed by atoms with van der Waals surface area (Å²) in [7, 11) is 0. The lowest BCUT2D eigenvalue weighted by molar-refractivity contribution is 0.500. The summed E-state index contributed by atoms with van der Waals surface area (Å²) in [6, 6.07) is 18.2. The molecule has 0 fully saturated rings. The Morgan fingerprint density at radius 3 is 1.35 bits per heavy atom. The number of benzene rings is 2. The van der Waals surface area contributed by atoms with Crippen LogP contribution < -0.4 is 9.05 Å². The lowest BCUT2D eigenvalue weighted by atomic mass is 10.3. The van der Waals surface area contributed by atoms with E-state index in [0.717, 1.165) is 0 Å². The average Bonchev–Trinajstić information content (AvgIpc) is 2.30. The maximum Gasteiger partial charge on any atom is 0.563 e. The van der Waals surface area contributed by atoms with Crippen molar-refractivity contribution in [2.24, 2.45) is 0 Å². The molecule has 0 unspecified atom stereocenters. The topological polar surface area (TPSA) is 18.5 Å². The summed E-state index contributed by atoms with van der Waals surface area (Å²) in [4.78, 5) is 0. The van der Waals surface area contributed by atoms with Crippen molar-refractivity contribution < 1.29 is 9.05 Å². The van der Waals surface area contributed by atoms with Crippen LogP contribution >= 0.6 is 28.9 Å². The van der Waals surface area contributed by atoms with E-state index in [2.05, 4.69) is 0 Å². The van der Waals surface area contributed by atoms with Crippen LogP contribution in [0.1, 0.15) is 0 Å². The van der Waals surface area contributed by atoms with Gasteiger partial charge in [0.25, 0.3) is 0 Å². The Hall–Kier alpha value is -0.950. The molecule has 0 spiro atoms. The van der Waals surface area contributed by atoms with Gasteiger partial charge < -0.3 is 0 Å². The SMILES string of the molecule is Cl[P+](Cl)(Oc1ccccc1)Oc1ccccc1. The van der Waals surface area contributed by atoms with Gasteiger partial charge in [-0.05, 0) is 24.3 Å². The molecule has 0 radical (unpaired) electrons. The summed E-state index contributed by atoms with van der Waals surface area (Å²) >= 11 is 12.1. The van der Waals surface area contributed by atoms with Gasteiger partial charge in [0.15, 0.2) is 34.0 Å². The fourth-order valence-electron chi connectivity index (χ4n) is 1.23. The van der Waals surface area contributed by atoms with E-state index in [1.165, 1.54) is 0 Å². The van der Waals surface area contributed by atoms with Crippen molar-refractivity contribution in [1.82, 2.24) is 0 Å². The van der Waals surface area contributed by atoms with Crippen LogP contribution in [0.5, 0.6) is 11.5 Å². The van der Waals surface area contributed by atoms with Crippen molar-refractivity contribution in [2.45, 2.75) is 0 Å². The highest BCUT2D eigenvalue weighted by atomic mass is 35.9. The Balaban J connectivity index is 2.04. The normalized spacial score (nSPS) is 10.9.